The fourth-order valence-corrected chi connectivity index (χ4v) is 3.31. The molecule has 0 aliphatic heterocycles. The molecule has 0 saturated heterocycles. The van der Waals surface area contributed by atoms with Crippen LogP contribution in [0.1, 0.15) is 49.2 Å². The number of ketones is 1. The molecule has 0 aromatic carbocycles. The topological polar surface area (TPSA) is 20.3 Å². The molecule has 1 aromatic heterocycles. The molecule has 4 heteroatoms. The highest BCUT2D eigenvalue weighted by Crippen LogP contribution is 2.31. The van der Waals surface area contributed by atoms with Gasteiger partial charge in [0.15, 0.2) is 5.78 Å². The monoisotopic (exact) mass is 285 g/mol. The maximum atomic E-state index is 12.4. The molecule has 0 radical (unpaired) electrons. The minimum absolute atomic E-state index is 0.0150. The number of hydrogen-bond donors (Lipinski definition) is 0. The highest BCUT2D eigenvalue weighted by molar-refractivity contribution is 7.18. The molecule has 0 spiro atoms. The van der Waals surface area contributed by atoms with Crippen molar-refractivity contribution in [2.75, 3.05) is 6.54 Å². The van der Waals surface area contributed by atoms with E-state index in [1.54, 1.807) is 6.07 Å². The van der Waals surface area contributed by atoms with Gasteiger partial charge in [-0.05, 0) is 44.9 Å². The zero-order valence-corrected chi connectivity index (χ0v) is 12.6. The normalized spacial score (nSPS) is 17.1. The quantitative estimate of drug-likeness (QED) is 0.699. The van der Waals surface area contributed by atoms with Gasteiger partial charge in [0.05, 0.1) is 15.3 Å². The average Bonchev–Trinajstić information content (AvgIpc) is 3.10. The molecule has 1 aliphatic carbocycles. The first-order valence-corrected chi connectivity index (χ1v) is 7.88. The predicted molar refractivity (Wildman–Crippen MR) is 77.8 cm³/mol. The summed E-state index contributed by atoms with van der Waals surface area (Å²) in [7, 11) is 0. The summed E-state index contributed by atoms with van der Waals surface area (Å²) in [5.74, 6) is 0.218. The van der Waals surface area contributed by atoms with Crippen LogP contribution in [-0.4, -0.2) is 29.3 Å². The van der Waals surface area contributed by atoms with E-state index in [9.17, 15) is 4.79 Å². The first-order chi connectivity index (χ1) is 8.63. The summed E-state index contributed by atoms with van der Waals surface area (Å²) in [5.41, 5.74) is 0. The SMILES string of the molecule is CCCCN(C1CC1)C(C)C(=O)c1ccc(Cl)s1. The van der Waals surface area contributed by atoms with Gasteiger partial charge in [0.1, 0.15) is 0 Å². The van der Waals surface area contributed by atoms with Crippen molar-refractivity contribution in [3.63, 3.8) is 0 Å². The van der Waals surface area contributed by atoms with Crippen LogP contribution in [0.4, 0.5) is 0 Å². The molecule has 100 valence electrons. The molecule has 1 aromatic rings. The molecule has 1 atom stereocenters. The van der Waals surface area contributed by atoms with Crippen LogP contribution < -0.4 is 0 Å². The van der Waals surface area contributed by atoms with Crippen LogP contribution in [0.5, 0.6) is 0 Å². The minimum Gasteiger partial charge on any atom is -0.291 e. The average molecular weight is 286 g/mol. The van der Waals surface area contributed by atoms with E-state index in [0.29, 0.717) is 10.4 Å². The number of Topliss-reactive ketones (excluding diaryl/α,β-unsaturated/α-hetero) is 1. The standard InChI is InChI=1S/C14H20ClNOS/c1-3-4-9-16(11-5-6-11)10(2)14(17)12-7-8-13(15)18-12/h7-8,10-11H,3-6,9H2,1-2H3. The van der Waals surface area contributed by atoms with Crippen molar-refractivity contribution >= 4 is 28.7 Å². The van der Waals surface area contributed by atoms with Crippen molar-refractivity contribution < 1.29 is 4.79 Å². The lowest BCUT2D eigenvalue weighted by atomic mass is 10.1. The number of unbranched alkanes of at least 4 members (excludes halogenated alkanes) is 1. The maximum Gasteiger partial charge on any atom is 0.189 e. The van der Waals surface area contributed by atoms with Crippen molar-refractivity contribution in [1.29, 1.82) is 0 Å². The molecule has 1 aliphatic rings. The Balaban J connectivity index is 2.03. The van der Waals surface area contributed by atoms with Crippen molar-refractivity contribution in [2.45, 2.75) is 51.6 Å². The van der Waals surface area contributed by atoms with Gasteiger partial charge < -0.3 is 0 Å². The summed E-state index contributed by atoms with van der Waals surface area (Å²) in [4.78, 5) is 15.6. The third kappa shape index (κ3) is 3.34. The van der Waals surface area contributed by atoms with Gasteiger partial charge in [0, 0.05) is 6.04 Å². The lowest BCUT2D eigenvalue weighted by molar-refractivity contribution is 0.0828. The fourth-order valence-electron chi connectivity index (χ4n) is 2.24. The third-order valence-electron chi connectivity index (χ3n) is 3.48. The second kappa shape index (κ2) is 6.18. The first kappa shape index (κ1) is 14.0. The van der Waals surface area contributed by atoms with Crippen LogP contribution in [0.2, 0.25) is 4.34 Å². The maximum absolute atomic E-state index is 12.4. The molecular formula is C14H20ClNOS. The Morgan fingerprint density at radius 2 is 2.28 bits per heavy atom. The molecule has 1 fully saturated rings. The van der Waals surface area contributed by atoms with E-state index in [0.717, 1.165) is 11.4 Å². The number of halogens is 1. The Bertz CT molecular complexity index is 414. The molecule has 2 rings (SSSR count). The van der Waals surface area contributed by atoms with E-state index in [1.165, 1.54) is 37.0 Å². The van der Waals surface area contributed by atoms with E-state index in [1.807, 2.05) is 13.0 Å². The van der Waals surface area contributed by atoms with Gasteiger partial charge in [-0.1, -0.05) is 24.9 Å². The number of rotatable bonds is 7. The lowest BCUT2D eigenvalue weighted by Gasteiger charge is -2.27. The number of thiophene rings is 1. The summed E-state index contributed by atoms with van der Waals surface area (Å²) >= 11 is 7.29. The van der Waals surface area contributed by atoms with E-state index < -0.39 is 0 Å². The van der Waals surface area contributed by atoms with Crippen LogP contribution in [0.3, 0.4) is 0 Å². The molecular weight excluding hydrogens is 266 g/mol. The summed E-state index contributed by atoms with van der Waals surface area (Å²) < 4.78 is 0.692. The molecule has 1 unspecified atom stereocenters. The Kier molecular flexibility index (Phi) is 4.82. The van der Waals surface area contributed by atoms with Gasteiger partial charge in [0.2, 0.25) is 0 Å². The van der Waals surface area contributed by atoms with Crippen molar-refractivity contribution in [1.82, 2.24) is 4.90 Å². The second-order valence-corrected chi connectivity index (χ2v) is 6.68. The van der Waals surface area contributed by atoms with Crippen molar-refractivity contribution in [3.8, 4) is 0 Å². The molecule has 2 nitrogen and oxygen atoms in total. The van der Waals surface area contributed by atoms with Crippen molar-refractivity contribution in [2.24, 2.45) is 0 Å². The number of hydrogen-bond acceptors (Lipinski definition) is 3. The fraction of sp³-hybridized carbons (Fsp3) is 0.643. The zero-order chi connectivity index (χ0) is 13.1. The summed E-state index contributed by atoms with van der Waals surface area (Å²) in [6, 6.07) is 4.26. The van der Waals surface area contributed by atoms with Gasteiger partial charge in [-0.25, -0.2) is 0 Å². The highest BCUT2D eigenvalue weighted by Gasteiger charge is 2.34. The van der Waals surface area contributed by atoms with Gasteiger partial charge in [-0.2, -0.15) is 0 Å². The highest BCUT2D eigenvalue weighted by atomic mass is 35.5. The van der Waals surface area contributed by atoms with Crippen LogP contribution in [0.25, 0.3) is 0 Å². The summed E-state index contributed by atoms with van der Waals surface area (Å²) in [5, 5.41) is 0. The predicted octanol–water partition coefficient (Wildman–Crippen LogP) is 4.24. The van der Waals surface area contributed by atoms with Crippen LogP contribution in [-0.2, 0) is 0 Å². The van der Waals surface area contributed by atoms with Crippen molar-refractivity contribution in [3.05, 3.63) is 21.3 Å². The second-order valence-electron chi connectivity index (χ2n) is 4.97. The van der Waals surface area contributed by atoms with E-state index in [-0.39, 0.29) is 11.8 Å². The molecule has 0 N–H and O–H groups in total. The molecule has 1 heterocycles. The molecule has 0 bridgehead atoms. The summed E-state index contributed by atoms with van der Waals surface area (Å²) in [6.07, 6.45) is 4.83. The molecule has 0 amide bonds. The number of nitrogens with zero attached hydrogens (tertiary/aromatic N) is 1. The molecule has 18 heavy (non-hydrogen) atoms. The Morgan fingerprint density at radius 1 is 1.56 bits per heavy atom. The van der Waals surface area contributed by atoms with E-state index in [2.05, 4.69) is 11.8 Å². The van der Waals surface area contributed by atoms with Crippen LogP contribution in [0, 0.1) is 0 Å². The van der Waals surface area contributed by atoms with Gasteiger partial charge in [-0.15, -0.1) is 11.3 Å². The first-order valence-electron chi connectivity index (χ1n) is 6.68. The van der Waals surface area contributed by atoms with E-state index in [4.69, 9.17) is 11.6 Å². The Hall–Kier alpha value is -0.380. The smallest absolute Gasteiger partial charge is 0.189 e. The minimum atomic E-state index is -0.0150. The lowest BCUT2D eigenvalue weighted by Crippen LogP contribution is -2.41. The summed E-state index contributed by atoms with van der Waals surface area (Å²) in [6.45, 7) is 5.26. The van der Waals surface area contributed by atoms with Gasteiger partial charge in [-0.3, -0.25) is 9.69 Å². The Labute approximate surface area is 118 Å². The third-order valence-corrected chi connectivity index (χ3v) is 4.72. The molecule has 1 saturated carbocycles. The number of carbonyl (C=O) groups is 1. The number of carbonyl (C=O) groups excluding carboxylic acids is 1. The zero-order valence-electron chi connectivity index (χ0n) is 11.0. The van der Waals surface area contributed by atoms with Crippen LogP contribution in [0.15, 0.2) is 12.1 Å². The largest absolute Gasteiger partial charge is 0.291 e. The van der Waals surface area contributed by atoms with E-state index >= 15 is 0 Å². The Morgan fingerprint density at radius 3 is 2.78 bits per heavy atom. The van der Waals surface area contributed by atoms with Gasteiger partial charge >= 0.3 is 0 Å². The van der Waals surface area contributed by atoms with Gasteiger partial charge in [0.25, 0.3) is 0 Å². The van der Waals surface area contributed by atoms with Crippen LogP contribution >= 0.6 is 22.9 Å².